The molecule has 15 heteroatoms. The average Bonchev–Trinajstić information content (AvgIpc) is 3.51. The summed E-state index contributed by atoms with van der Waals surface area (Å²) in [5.41, 5.74) is 8.07. The van der Waals surface area contributed by atoms with Gasteiger partial charge in [0, 0.05) is 31.4 Å². The summed E-state index contributed by atoms with van der Waals surface area (Å²) in [6, 6.07) is 4.43. The molecule has 272 valence electrons. The van der Waals surface area contributed by atoms with Gasteiger partial charge < -0.3 is 31.3 Å². The first kappa shape index (κ1) is 37.6. The molecule has 2 amide bonds. The smallest absolute Gasteiger partial charge is 0.283 e. The minimum absolute atomic E-state index is 0.00554. The summed E-state index contributed by atoms with van der Waals surface area (Å²) in [6.07, 6.45) is 4.03. The lowest BCUT2D eigenvalue weighted by Crippen LogP contribution is -2.61. The van der Waals surface area contributed by atoms with Gasteiger partial charge in [-0.25, -0.2) is 4.98 Å². The highest BCUT2D eigenvalue weighted by atomic mass is 32.2. The molecular formula is C34H52N6O7S2. The van der Waals surface area contributed by atoms with Crippen LogP contribution in [0.1, 0.15) is 75.6 Å². The summed E-state index contributed by atoms with van der Waals surface area (Å²) in [7, 11) is -4.06. The SMILES string of the molecule is CC(C)C[C@H](O)[C@H](O)[C@H](CC1CCCCC1)NC(=O)[C@H](Cc1csc(N)n1)NC(=O)[C@@H]1Cc2ccccc2CN1S(=O)(=O)N1CCOCC1. The van der Waals surface area contributed by atoms with Crippen LogP contribution in [0.2, 0.25) is 0 Å². The first-order valence-corrected chi connectivity index (χ1v) is 19.8. The number of benzene rings is 1. The van der Waals surface area contributed by atoms with Crippen molar-refractivity contribution in [3.8, 4) is 0 Å². The quantitative estimate of drug-likeness (QED) is 0.195. The van der Waals surface area contributed by atoms with Crippen molar-refractivity contribution in [3.05, 3.63) is 46.5 Å². The monoisotopic (exact) mass is 720 g/mol. The standard InChI is InChI=1S/C34H52N6O7S2/c1-22(2)16-30(41)31(42)27(17-23-8-4-3-5-9-23)37-32(43)28(19-26-21-48-34(35)36-26)38-33(44)29-18-24-10-6-7-11-25(24)20-40(29)49(45,46)39-12-14-47-15-13-39/h6-7,10-11,21-23,27-31,41-42H,3-5,8-9,12-20H2,1-2H3,(H2,35,36)(H,37,43)(H,38,44)/t27-,28-,29-,30-,31+/m0/s1. The third-order valence-corrected chi connectivity index (χ3v) is 12.6. The first-order chi connectivity index (χ1) is 23.4. The molecule has 0 unspecified atom stereocenters. The number of amides is 2. The van der Waals surface area contributed by atoms with Crippen LogP contribution in [0.15, 0.2) is 29.6 Å². The van der Waals surface area contributed by atoms with Crippen LogP contribution in [0.3, 0.4) is 0 Å². The number of morpholine rings is 1. The number of nitrogens with zero attached hydrogens (tertiary/aromatic N) is 3. The molecule has 1 saturated heterocycles. The Bertz CT molecular complexity index is 1510. The van der Waals surface area contributed by atoms with Gasteiger partial charge >= 0.3 is 0 Å². The molecule has 3 aliphatic rings. The highest BCUT2D eigenvalue weighted by molar-refractivity contribution is 7.86. The minimum atomic E-state index is -4.06. The van der Waals surface area contributed by atoms with Gasteiger partial charge in [-0.05, 0) is 42.2 Å². The molecule has 49 heavy (non-hydrogen) atoms. The normalized spacial score (nSPS) is 22.2. The Labute approximate surface area is 293 Å². The van der Waals surface area contributed by atoms with E-state index in [0.717, 1.165) is 43.2 Å². The number of anilines is 1. The fourth-order valence-electron chi connectivity index (χ4n) is 7.23. The van der Waals surface area contributed by atoms with E-state index >= 15 is 0 Å². The second-order valence-electron chi connectivity index (χ2n) is 14.0. The second kappa shape index (κ2) is 17.0. The summed E-state index contributed by atoms with van der Waals surface area (Å²) < 4.78 is 35.9. The molecule has 1 saturated carbocycles. The van der Waals surface area contributed by atoms with Crippen molar-refractivity contribution in [1.29, 1.82) is 0 Å². The molecule has 2 fully saturated rings. The molecule has 0 spiro atoms. The molecule has 6 N–H and O–H groups in total. The van der Waals surface area contributed by atoms with Crippen molar-refractivity contribution in [2.75, 3.05) is 32.0 Å². The fourth-order valence-corrected chi connectivity index (χ4v) is 9.51. The minimum Gasteiger partial charge on any atom is -0.390 e. The van der Waals surface area contributed by atoms with Crippen LogP contribution in [-0.4, -0.2) is 101 Å². The molecule has 3 heterocycles. The Kier molecular flexibility index (Phi) is 13.1. The van der Waals surface area contributed by atoms with Crippen molar-refractivity contribution < 1.29 is 33.0 Å². The molecule has 1 aliphatic carbocycles. The number of nitrogen functional groups attached to an aromatic ring is 1. The lowest BCUT2D eigenvalue weighted by atomic mass is 9.82. The number of fused-ring (bicyclic) bond motifs is 1. The van der Waals surface area contributed by atoms with E-state index in [0.29, 0.717) is 23.7 Å². The lowest BCUT2D eigenvalue weighted by Gasteiger charge is -2.39. The maximum absolute atomic E-state index is 14.3. The lowest BCUT2D eigenvalue weighted by molar-refractivity contribution is -0.132. The largest absolute Gasteiger partial charge is 0.390 e. The van der Waals surface area contributed by atoms with Crippen molar-refractivity contribution in [1.82, 2.24) is 24.2 Å². The zero-order valence-corrected chi connectivity index (χ0v) is 30.1. The number of aromatic nitrogens is 1. The van der Waals surface area contributed by atoms with Crippen molar-refractivity contribution >= 4 is 38.5 Å². The van der Waals surface area contributed by atoms with E-state index in [2.05, 4.69) is 15.6 Å². The summed E-state index contributed by atoms with van der Waals surface area (Å²) in [4.78, 5) is 32.7. The van der Waals surface area contributed by atoms with Gasteiger partial charge in [-0.2, -0.15) is 17.0 Å². The number of carbonyl (C=O) groups excluding carboxylic acids is 2. The van der Waals surface area contributed by atoms with Crippen molar-refractivity contribution in [3.63, 3.8) is 0 Å². The van der Waals surface area contributed by atoms with E-state index in [9.17, 15) is 28.2 Å². The zero-order chi connectivity index (χ0) is 35.1. The Morgan fingerprint density at radius 3 is 2.43 bits per heavy atom. The highest BCUT2D eigenvalue weighted by Crippen LogP contribution is 2.30. The van der Waals surface area contributed by atoms with Gasteiger partial charge in [0.25, 0.3) is 10.2 Å². The van der Waals surface area contributed by atoms with Crippen LogP contribution in [0, 0.1) is 11.8 Å². The molecule has 5 atom stereocenters. The van der Waals surface area contributed by atoms with Gasteiger partial charge in [-0.15, -0.1) is 11.3 Å². The third-order valence-electron chi connectivity index (χ3n) is 9.88. The summed E-state index contributed by atoms with van der Waals surface area (Å²) >= 11 is 1.21. The number of hydrogen-bond donors (Lipinski definition) is 5. The molecule has 13 nitrogen and oxygen atoms in total. The molecule has 5 rings (SSSR count). The highest BCUT2D eigenvalue weighted by Gasteiger charge is 2.43. The van der Waals surface area contributed by atoms with Gasteiger partial charge in [0.15, 0.2) is 5.13 Å². The zero-order valence-electron chi connectivity index (χ0n) is 28.5. The Hall–Kier alpha value is -2.66. The van der Waals surface area contributed by atoms with Crippen molar-refractivity contribution in [2.45, 2.75) is 109 Å². The number of carbonyl (C=O) groups is 2. The molecule has 2 aromatic rings. The van der Waals surface area contributed by atoms with E-state index in [1.54, 1.807) is 5.38 Å². The van der Waals surface area contributed by atoms with E-state index < -0.39 is 52.4 Å². The van der Waals surface area contributed by atoms with Crippen LogP contribution in [0.5, 0.6) is 0 Å². The number of nitrogens with one attached hydrogen (secondary N) is 2. The molecule has 2 aliphatic heterocycles. The third kappa shape index (κ3) is 9.78. The fraction of sp³-hybridized carbons (Fsp3) is 0.676. The van der Waals surface area contributed by atoms with Crippen molar-refractivity contribution in [2.24, 2.45) is 11.8 Å². The van der Waals surface area contributed by atoms with Gasteiger partial charge in [0.05, 0.1) is 31.1 Å². The number of aliphatic hydroxyl groups is 2. The van der Waals surface area contributed by atoms with E-state index in [4.69, 9.17) is 10.5 Å². The van der Waals surface area contributed by atoms with E-state index in [1.807, 2.05) is 38.1 Å². The van der Waals surface area contributed by atoms with E-state index in [-0.39, 0.29) is 57.5 Å². The molecule has 0 radical (unpaired) electrons. The molecule has 0 bridgehead atoms. The number of ether oxygens (including phenoxy) is 1. The van der Waals surface area contributed by atoms with Crippen LogP contribution in [0.4, 0.5) is 5.13 Å². The van der Waals surface area contributed by atoms with E-state index in [1.165, 1.54) is 19.9 Å². The maximum atomic E-state index is 14.3. The van der Waals surface area contributed by atoms with Gasteiger partial charge in [-0.3, -0.25) is 9.59 Å². The predicted octanol–water partition coefficient (Wildman–Crippen LogP) is 1.98. The average molecular weight is 721 g/mol. The number of rotatable bonds is 14. The summed E-state index contributed by atoms with van der Waals surface area (Å²) in [5.74, 6) is -0.739. The first-order valence-electron chi connectivity index (χ1n) is 17.5. The Morgan fingerprint density at radius 1 is 1.08 bits per heavy atom. The topological polar surface area (TPSA) is 187 Å². The maximum Gasteiger partial charge on any atom is 0.283 e. The number of nitrogens with two attached hydrogens (primary N) is 1. The predicted molar refractivity (Wildman–Crippen MR) is 188 cm³/mol. The molecular weight excluding hydrogens is 669 g/mol. The number of hydrogen-bond acceptors (Lipinski definition) is 10. The van der Waals surface area contributed by atoms with Crippen LogP contribution in [0.25, 0.3) is 0 Å². The number of aliphatic hydroxyl groups excluding tert-OH is 2. The summed E-state index contributed by atoms with van der Waals surface area (Å²) in [5, 5.41) is 30.1. The van der Waals surface area contributed by atoms with Gasteiger partial charge in [0.2, 0.25) is 11.8 Å². The second-order valence-corrected chi connectivity index (χ2v) is 16.8. The van der Waals surface area contributed by atoms with Crippen LogP contribution >= 0.6 is 11.3 Å². The molecule has 1 aromatic heterocycles. The Morgan fingerprint density at radius 2 is 1.78 bits per heavy atom. The van der Waals surface area contributed by atoms with Crippen LogP contribution in [-0.2, 0) is 43.9 Å². The van der Waals surface area contributed by atoms with Gasteiger partial charge in [-0.1, -0.05) is 70.2 Å². The van der Waals surface area contributed by atoms with Crippen LogP contribution < -0.4 is 16.4 Å². The molecule has 1 aromatic carbocycles. The Balaban J connectivity index is 1.41. The summed E-state index contributed by atoms with van der Waals surface area (Å²) in [6.45, 7) is 4.82. The van der Waals surface area contributed by atoms with Gasteiger partial charge in [0.1, 0.15) is 18.2 Å². The number of thiazole rings is 1.